The molecule has 0 saturated heterocycles. The molecule has 20 heavy (non-hydrogen) atoms. The van der Waals surface area contributed by atoms with Crippen molar-refractivity contribution in [2.45, 2.75) is 0 Å². The van der Waals surface area contributed by atoms with E-state index >= 15 is 0 Å². The van der Waals surface area contributed by atoms with E-state index in [0.29, 0.717) is 24.8 Å². The number of halogens is 2. The maximum atomic E-state index is 11.0. The van der Waals surface area contributed by atoms with Gasteiger partial charge in [0.2, 0.25) is 0 Å². The van der Waals surface area contributed by atoms with Crippen molar-refractivity contribution in [3.05, 3.63) is 35.4 Å². The topological polar surface area (TPSA) is 70.1 Å². The Hall–Kier alpha value is -1.70. The molecular weight excluding hydrogens is 297 g/mol. The number of benzene rings is 1. The minimum atomic E-state index is -0.734. The zero-order chi connectivity index (χ0) is 15.0. The molecule has 0 fully saturated rings. The first-order chi connectivity index (χ1) is 9.62. The minimum absolute atomic E-state index is 0.0730. The molecule has 0 heterocycles. The van der Waals surface area contributed by atoms with Gasteiger partial charge in [-0.15, -0.1) is 23.2 Å². The van der Waals surface area contributed by atoms with E-state index < -0.39 is 5.91 Å². The SMILES string of the molecule is N#C/C(=C\c1ccc(N(CCCl)CCCl)cc1)C(N)=O. The van der Waals surface area contributed by atoms with E-state index in [9.17, 15) is 4.79 Å². The lowest BCUT2D eigenvalue weighted by molar-refractivity contribution is -0.114. The van der Waals surface area contributed by atoms with Gasteiger partial charge >= 0.3 is 0 Å². The predicted molar refractivity (Wildman–Crippen MR) is 82.9 cm³/mol. The lowest BCUT2D eigenvalue weighted by atomic mass is 10.1. The highest BCUT2D eigenvalue weighted by Gasteiger charge is 2.06. The van der Waals surface area contributed by atoms with Gasteiger partial charge in [-0.3, -0.25) is 4.79 Å². The van der Waals surface area contributed by atoms with Crippen molar-refractivity contribution in [2.75, 3.05) is 29.7 Å². The second-order valence-electron chi connectivity index (χ2n) is 3.99. The molecule has 4 nitrogen and oxygen atoms in total. The van der Waals surface area contributed by atoms with Crippen molar-refractivity contribution < 1.29 is 4.79 Å². The quantitative estimate of drug-likeness (QED) is 0.477. The van der Waals surface area contributed by atoms with Gasteiger partial charge in [0, 0.05) is 30.5 Å². The van der Waals surface area contributed by atoms with Crippen molar-refractivity contribution in [3.63, 3.8) is 0 Å². The number of hydrogen-bond acceptors (Lipinski definition) is 3. The summed E-state index contributed by atoms with van der Waals surface area (Å²) in [5.74, 6) is 0.292. The first kappa shape index (κ1) is 16.4. The van der Waals surface area contributed by atoms with Crippen molar-refractivity contribution in [3.8, 4) is 6.07 Å². The van der Waals surface area contributed by atoms with Gasteiger partial charge in [-0.2, -0.15) is 5.26 Å². The second-order valence-corrected chi connectivity index (χ2v) is 4.75. The fourth-order valence-electron chi connectivity index (χ4n) is 1.68. The molecule has 0 bridgehead atoms. The number of alkyl halides is 2. The number of anilines is 1. The summed E-state index contributed by atoms with van der Waals surface area (Å²) >= 11 is 11.5. The number of carbonyl (C=O) groups is 1. The van der Waals surface area contributed by atoms with Crippen LogP contribution >= 0.6 is 23.2 Å². The summed E-state index contributed by atoms with van der Waals surface area (Å²) in [5.41, 5.74) is 6.74. The molecule has 6 heteroatoms. The van der Waals surface area contributed by atoms with Gasteiger partial charge in [-0.25, -0.2) is 0 Å². The first-order valence-corrected chi connectivity index (χ1v) is 7.07. The normalized spacial score (nSPS) is 10.9. The van der Waals surface area contributed by atoms with Crippen LogP contribution in [0.1, 0.15) is 5.56 Å². The first-order valence-electron chi connectivity index (χ1n) is 6.01. The molecule has 0 spiro atoms. The molecule has 0 aliphatic heterocycles. The van der Waals surface area contributed by atoms with E-state index in [2.05, 4.69) is 4.90 Å². The highest BCUT2D eigenvalue weighted by atomic mass is 35.5. The van der Waals surface area contributed by atoms with Crippen molar-refractivity contribution in [1.82, 2.24) is 0 Å². The van der Waals surface area contributed by atoms with E-state index in [0.717, 1.165) is 11.3 Å². The van der Waals surface area contributed by atoms with Crippen molar-refractivity contribution in [1.29, 1.82) is 5.26 Å². The summed E-state index contributed by atoms with van der Waals surface area (Å²) in [5, 5.41) is 8.78. The molecule has 1 aromatic rings. The van der Waals surface area contributed by atoms with Crippen molar-refractivity contribution >= 4 is 40.9 Å². The Balaban J connectivity index is 2.93. The highest BCUT2D eigenvalue weighted by molar-refractivity contribution is 6.18. The fourth-order valence-corrected chi connectivity index (χ4v) is 2.09. The van der Waals surface area contributed by atoms with E-state index in [4.69, 9.17) is 34.2 Å². The van der Waals surface area contributed by atoms with Gasteiger partial charge in [-0.1, -0.05) is 12.1 Å². The van der Waals surface area contributed by atoms with Crippen LogP contribution in [0.3, 0.4) is 0 Å². The minimum Gasteiger partial charge on any atom is -0.369 e. The third-order valence-electron chi connectivity index (χ3n) is 2.66. The summed E-state index contributed by atoms with van der Waals surface area (Å²) in [6, 6.07) is 9.17. The molecule has 1 rings (SSSR count). The lowest BCUT2D eigenvalue weighted by Crippen LogP contribution is -2.27. The van der Waals surface area contributed by atoms with E-state index in [-0.39, 0.29) is 5.57 Å². The molecule has 1 aromatic carbocycles. The van der Waals surface area contributed by atoms with Crippen LogP contribution in [0.4, 0.5) is 5.69 Å². The Bertz CT molecular complexity index is 514. The maximum Gasteiger partial charge on any atom is 0.259 e. The summed E-state index contributed by atoms with van der Waals surface area (Å²) in [6.45, 7) is 1.41. The van der Waals surface area contributed by atoms with Gasteiger partial charge < -0.3 is 10.6 Å². The van der Waals surface area contributed by atoms with Crippen LogP contribution in [-0.4, -0.2) is 30.8 Å². The Morgan fingerprint density at radius 2 is 1.80 bits per heavy atom. The van der Waals surface area contributed by atoms with Crippen LogP contribution in [0.2, 0.25) is 0 Å². The standard InChI is InChI=1S/C14H15Cl2N3O/c15-5-7-19(8-6-16)13-3-1-11(2-4-13)9-12(10-17)14(18)20/h1-4,9H,5-8H2,(H2,18,20)/b12-9+. The largest absolute Gasteiger partial charge is 0.369 e. The van der Waals surface area contributed by atoms with Gasteiger partial charge in [0.05, 0.1) is 0 Å². The lowest BCUT2D eigenvalue weighted by Gasteiger charge is -2.22. The molecule has 0 aliphatic carbocycles. The number of primary amides is 1. The number of nitriles is 1. The Morgan fingerprint density at radius 1 is 1.25 bits per heavy atom. The smallest absolute Gasteiger partial charge is 0.259 e. The van der Waals surface area contributed by atoms with Gasteiger partial charge in [0.15, 0.2) is 0 Å². The molecule has 0 aliphatic rings. The number of hydrogen-bond donors (Lipinski definition) is 1. The van der Waals surface area contributed by atoms with Crippen molar-refractivity contribution in [2.24, 2.45) is 5.73 Å². The van der Waals surface area contributed by atoms with Crippen LogP contribution in [0.5, 0.6) is 0 Å². The second kappa shape index (κ2) is 8.47. The average molecular weight is 312 g/mol. The number of carbonyl (C=O) groups excluding carboxylic acids is 1. The third kappa shape index (κ3) is 4.76. The molecule has 0 atom stereocenters. The number of amides is 1. The van der Waals surface area contributed by atoms with Crippen LogP contribution in [0, 0.1) is 11.3 Å². The fraction of sp³-hybridized carbons (Fsp3) is 0.286. The van der Waals surface area contributed by atoms with Crippen LogP contribution in [-0.2, 0) is 4.79 Å². The zero-order valence-electron chi connectivity index (χ0n) is 10.9. The molecule has 2 N–H and O–H groups in total. The molecule has 0 unspecified atom stereocenters. The average Bonchev–Trinajstić information content (AvgIpc) is 2.45. The third-order valence-corrected chi connectivity index (χ3v) is 3.00. The molecule has 106 valence electrons. The van der Waals surface area contributed by atoms with Gasteiger partial charge in [0.1, 0.15) is 11.6 Å². The summed E-state index contributed by atoms with van der Waals surface area (Å²) in [4.78, 5) is 13.0. The van der Waals surface area contributed by atoms with E-state index in [1.807, 2.05) is 24.3 Å². The Kier molecular flexibility index (Phi) is 6.92. The van der Waals surface area contributed by atoms with Gasteiger partial charge in [-0.05, 0) is 23.8 Å². The van der Waals surface area contributed by atoms with Crippen LogP contribution < -0.4 is 10.6 Å². The maximum absolute atomic E-state index is 11.0. The summed E-state index contributed by atoms with van der Waals surface area (Å²) < 4.78 is 0. The summed E-state index contributed by atoms with van der Waals surface area (Å²) in [7, 11) is 0. The Morgan fingerprint density at radius 3 is 2.20 bits per heavy atom. The van der Waals surface area contributed by atoms with E-state index in [1.54, 1.807) is 6.07 Å². The molecular formula is C14H15Cl2N3O. The number of nitrogens with zero attached hydrogens (tertiary/aromatic N) is 2. The number of rotatable bonds is 7. The zero-order valence-corrected chi connectivity index (χ0v) is 12.4. The van der Waals surface area contributed by atoms with Gasteiger partial charge in [0.25, 0.3) is 5.91 Å². The van der Waals surface area contributed by atoms with E-state index in [1.165, 1.54) is 6.08 Å². The molecule has 1 amide bonds. The highest BCUT2D eigenvalue weighted by Crippen LogP contribution is 2.17. The monoisotopic (exact) mass is 311 g/mol. The van der Waals surface area contributed by atoms with Crippen LogP contribution in [0.15, 0.2) is 29.8 Å². The molecule has 0 aromatic heterocycles. The molecule has 0 saturated carbocycles. The Labute approximate surface area is 128 Å². The summed E-state index contributed by atoms with van der Waals surface area (Å²) in [6.07, 6.45) is 1.46. The molecule has 0 radical (unpaired) electrons. The predicted octanol–water partition coefficient (Wildman–Crippen LogP) is 2.36. The van der Waals surface area contributed by atoms with Crippen LogP contribution in [0.25, 0.3) is 6.08 Å². The number of nitrogens with two attached hydrogens (primary N) is 1.